The fourth-order valence-corrected chi connectivity index (χ4v) is 7.03. The van der Waals surface area contributed by atoms with Gasteiger partial charge in [0.2, 0.25) is 0 Å². The maximum atomic E-state index is 6.22. The second-order valence-electron chi connectivity index (χ2n) is 14.1. The van der Waals surface area contributed by atoms with Gasteiger partial charge in [-0.3, -0.25) is 0 Å². The lowest BCUT2D eigenvalue weighted by atomic mass is 10.0. The minimum absolute atomic E-state index is 0.814. The molecule has 0 fully saturated rings. The minimum Gasteiger partial charge on any atom is -0.325 e. The Hall–Kier alpha value is 0.250. The second-order valence-corrected chi connectivity index (χ2v) is 14.5. The first-order valence-corrected chi connectivity index (χ1v) is 20.1. The Morgan fingerprint density at radius 3 is 0.683 bits per heavy atom. The SMILES string of the molecule is CCCCCCCCCCCCCCCCCC[N+](C)(CCCl)CCCCCCCCCCCCCCCCCC. The summed E-state index contributed by atoms with van der Waals surface area (Å²) in [6.07, 6.45) is 46.5. The van der Waals surface area contributed by atoms with E-state index in [2.05, 4.69) is 20.9 Å². The third-order valence-corrected chi connectivity index (χ3v) is 9.90. The minimum atomic E-state index is 0.814. The molecule has 0 aromatic rings. The van der Waals surface area contributed by atoms with Crippen LogP contribution in [0.15, 0.2) is 0 Å². The number of rotatable bonds is 36. The van der Waals surface area contributed by atoms with E-state index < -0.39 is 0 Å². The second kappa shape index (κ2) is 34.7. The van der Waals surface area contributed by atoms with Crippen LogP contribution < -0.4 is 0 Å². The van der Waals surface area contributed by atoms with E-state index in [9.17, 15) is 0 Å². The number of hydrogen-bond acceptors (Lipinski definition) is 0. The summed E-state index contributed by atoms with van der Waals surface area (Å²) >= 11 is 6.22. The molecule has 0 spiro atoms. The highest BCUT2D eigenvalue weighted by molar-refractivity contribution is 6.17. The summed E-state index contributed by atoms with van der Waals surface area (Å²) in [5.41, 5.74) is 0. The average Bonchev–Trinajstić information content (AvgIpc) is 2.97. The molecule has 1 nitrogen and oxygen atoms in total. The molecule has 0 radical (unpaired) electrons. The summed E-state index contributed by atoms with van der Waals surface area (Å²) in [4.78, 5) is 0. The Kier molecular flexibility index (Phi) is 34.9. The van der Waals surface area contributed by atoms with Gasteiger partial charge in [0.1, 0.15) is 0 Å². The van der Waals surface area contributed by atoms with Gasteiger partial charge in [-0.1, -0.05) is 194 Å². The van der Waals surface area contributed by atoms with Gasteiger partial charge >= 0.3 is 0 Å². The molecular formula is C39H81ClN+. The lowest BCUT2D eigenvalue weighted by Crippen LogP contribution is -2.47. The van der Waals surface area contributed by atoms with Crippen molar-refractivity contribution in [3.05, 3.63) is 0 Å². The molecule has 0 bridgehead atoms. The van der Waals surface area contributed by atoms with Gasteiger partial charge in [-0.15, -0.1) is 11.6 Å². The predicted molar refractivity (Wildman–Crippen MR) is 191 cm³/mol. The van der Waals surface area contributed by atoms with E-state index >= 15 is 0 Å². The van der Waals surface area contributed by atoms with Crippen molar-refractivity contribution in [2.45, 2.75) is 219 Å². The quantitative estimate of drug-likeness (QED) is 0.0382. The lowest BCUT2D eigenvalue weighted by Gasteiger charge is -2.34. The fraction of sp³-hybridized carbons (Fsp3) is 1.00. The van der Waals surface area contributed by atoms with Crippen LogP contribution in [0, 0.1) is 0 Å². The molecule has 248 valence electrons. The normalized spacial score (nSPS) is 12.0. The Balaban J connectivity index is 3.49. The molecule has 0 aliphatic carbocycles. The Labute approximate surface area is 267 Å². The van der Waals surface area contributed by atoms with Gasteiger partial charge in [-0.2, -0.15) is 0 Å². The zero-order valence-corrected chi connectivity index (χ0v) is 30.0. The van der Waals surface area contributed by atoms with E-state index in [1.54, 1.807) is 0 Å². The van der Waals surface area contributed by atoms with Crippen LogP contribution in [-0.4, -0.2) is 37.0 Å². The highest BCUT2D eigenvalue weighted by Gasteiger charge is 2.19. The maximum absolute atomic E-state index is 6.22. The molecule has 0 saturated carbocycles. The van der Waals surface area contributed by atoms with Crippen LogP contribution in [0.3, 0.4) is 0 Å². The zero-order chi connectivity index (χ0) is 30.0. The van der Waals surface area contributed by atoms with Crippen molar-refractivity contribution in [2.75, 3.05) is 32.6 Å². The van der Waals surface area contributed by atoms with Crippen LogP contribution in [0.25, 0.3) is 0 Å². The van der Waals surface area contributed by atoms with Crippen molar-refractivity contribution in [3.63, 3.8) is 0 Å². The van der Waals surface area contributed by atoms with Gasteiger partial charge < -0.3 is 4.48 Å². The summed E-state index contributed by atoms with van der Waals surface area (Å²) in [6, 6.07) is 0. The van der Waals surface area contributed by atoms with Crippen LogP contribution in [0.1, 0.15) is 219 Å². The molecule has 0 rings (SSSR count). The van der Waals surface area contributed by atoms with E-state index in [0.717, 1.165) is 12.4 Å². The van der Waals surface area contributed by atoms with Gasteiger partial charge in [-0.05, 0) is 25.7 Å². The highest BCUT2D eigenvalue weighted by Crippen LogP contribution is 2.17. The van der Waals surface area contributed by atoms with Gasteiger partial charge in [-0.25, -0.2) is 0 Å². The number of halogens is 1. The number of nitrogens with zero attached hydrogens (tertiary/aromatic N) is 1. The van der Waals surface area contributed by atoms with Crippen LogP contribution in [0.2, 0.25) is 0 Å². The monoisotopic (exact) mass is 599 g/mol. The van der Waals surface area contributed by atoms with Crippen molar-refractivity contribution in [1.29, 1.82) is 0 Å². The average molecular weight is 600 g/mol. The van der Waals surface area contributed by atoms with Gasteiger partial charge in [0.25, 0.3) is 0 Å². The van der Waals surface area contributed by atoms with E-state index in [1.165, 1.54) is 223 Å². The lowest BCUT2D eigenvalue weighted by molar-refractivity contribution is -0.907. The highest BCUT2D eigenvalue weighted by atomic mass is 35.5. The van der Waals surface area contributed by atoms with Gasteiger partial charge in [0.15, 0.2) is 0 Å². The Morgan fingerprint density at radius 2 is 0.488 bits per heavy atom. The molecule has 0 unspecified atom stereocenters. The first kappa shape index (κ1) is 41.2. The first-order valence-electron chi connectivity index (χ1n) is 19.6. The van der Waals surface area contributed by atoms with Crippen LogP contribution in [0.5, 0.6) is 0 Å². The third-order valence-electron chi connectivity index (χ3n) is 9.73. The number of quaternary nitrogens is 1. The molecule has 0 atom stereocenters. The molecule has 41 heavy (non-hydrogen) atoms. The molecule has 0 amide bonds. The molecule has 0 aliphatic heterocycles. The summed E-state index contributed by atoms with van der Waals surface area (Å²) in [7, 11) is 2.47. The van der Waals surface area contributed by atoms with Gasteiger partial charge in [0.05, 0.1) is 32.6 Å². The van der Waals surface area contributed by atoms with Crippen molar-refractivity contribution >= 4 is 11.6 Å². The first-order chi connectivity index (χ1) is 20.2. The smallest absolute Gasteiger partial charge is 0.0922 e. The fourth-order valence-electron chi connectivity index (χ4n) is 6.62. The van der Waals surface area contributed by atoms with Crippen LogP contribution in [0.4, 0.5) is 0 Å². The standard InChI is InChI=1S/C39H81ClN/c1-4-6-8-10-12-14-16-18-20-22-24-26-28-30-32-34-37-41(3,39-36-40)38-35-33-31-29-27-25-23-21-19-17-15-13-11-9-7-5-2/h4-39H2,1-3H3/q+1. The van der Waals surface area contributed by atoms with Crippen LogP contribution >= 0.6 is 11.6 Å². The predicted octanol–water partition coefficient (Wildman–Crippen LogP) is 14.2. The Morgan fingerprint density at radius 1 is 0.293 bits per heavy atom. The van der Waals surface area contributed by atoms with Crippen molar-refractivity contribution in [1.82, 2.24) is 0 Å². The maximum Gasteiger partial charge on any atom is 0.0922 e. The molecule has 0 aromatic heterocycles. The Bertz CT molecular complexity index is 428. The summed E-state index contributed by atoms with van der Waals surface area (Å²) in [5, 5.41) is 0. The van der Waals surface area contributed by atoms with Crippen molar-refractivity contribution < 1.29 is 4.48 Å². The number of alkyl halides is 1. The van der Waals surface area contributed by atoms with Crippen molar-refractivity contribution in [3.8, 4) is 0 Å². The topological polar surface area (TPSA) is 0 Å². The molecule has 0 N–H and O–H groups in total. The summed E-state index contributed by atoms with van der Waals surface area (Å²) < 4.78 is 1.21. The molecule has 0 heterocycles. The van der Waals surface area contributed by atoms with Crippen LogP contribution in [-0.2, 0) is 0 Å². The van der Waals surface area contributed by atoms with E-state index in [-0.39, 0.29) is 0 Å². The number of unbranched alkanes of at least 4 members (excludes halogenated alkanes) is 30. The zero-order valence-electron chi connectivity index (χ0n) is 29.3. The summed E-state index contributed by atoms with van der Waals surface area (Å²) in [6.45, 7) is 8.44. The molecule has 0 saturated heterocycles. The van der Waals surface area contributed by atoms with E-state index in [0.29, 0.717) is 0 Å². The van der Waals surface area contributed by atoms with Crippen molar-refractivity contribution in [2.24, 2.45) is 0 Å². The molecule has 2 heteroatoms. The molecule has 0 aromatic carbocycles. The number of hydrogen-bond donors (Lipinski definition) is 0. The van der Waals surface area contributed by atoms with Gasteiger partial charge in [0, 0.05) is 0 Å². The summed E-state index contributed by atoms with van der Waals surface area (Å²) in [5.74, 6) is 0.814. The molecule has 0 aliphatic rings. The van der Waals surface area contributed by atoms with E-state index in [1.807, 2.05) is 0 Å². The largest absolute Gasteiger partial charge is 0.325 e. The molecular weight excluding hydrogens is 518 g/mol. The third kappa shape index (κ3) is 33.0. The van der Waals surface area contributed by atoms with E-state index in [4.69, 9.17) is 11.6 Å².